The molecule has 80 valence electrons. The normalized spacial score (nSPS) is 12.3. The molecule has 0 spiro atoms. The lowest BCUT2D eigenvalue weighted by atomic mass is 10.0. The highest BCUT2D eigenvalue weighted by atomic mass is 79.9. The molecule has 1 aromatic rings. The Bertz CT molecular complexity index is 418. The maximum atomic E-state index is 11.2. The summed E-state index contributed by atoms with van der Waals surface area (Å²) in [4.78, 5) is 22.3. The van der Waals surface area contributed by atoms with Gasteiger partial charge in [-0.05, 0) is 46.1 Å². The van der Waals surface area contributed by atoms with Crippen molar-refractivity contribution < 1.29 is 9.59 Å². The molecule has 1 unspecified atom stereocenters. The molecule has 1 aromatic carbocycles. The van der Waals surface area contributed by atoms with Crippen LogP contribution in [0.2, 0.25) is 0 Å². The molecule has 0 aliphatic rings. The molecule has 0 amide bonds. The molecule has 5 heteroatoms. The van der Waals surface area contributed by atoms with Gasteiger partial charge >= 0.3 is 0 Å². The molecule has 15 heavy (non-hydrogen) atoms. The second kappa shape index (κ2) is 5.10. The van der Waals surface area contributed by atoms with Crippen molar-refractivity contribution in [3.63, 3.8) is 0 Å². The van der Waals surface area contributed by atoms with Crippen molar-refractivity contribution in [2.75, 3.05) is 0 Å². The number of Topliss-reactive ketones (excluding diaryl/α,β-unsaturated/α-hetero) is 1. The van der Waals surface area contributed by atoms with Gasteiger partial charge in [-0.3, -0.25) is 9.59 Å². The molecule has 0 saturated carbocycles. The lowest BCUT2D eigenvalue weighted by Gasteiger charge is -2.10. The summed E-state index contributed by atoms with van der Waals surface area (Å²) in [6.07, 6.45) is 0. The average Bonchev–Trinajstić information content (AvgIpc) is 2.15. The third kappa shape index (κ3) is 2.80. The van der Waals surface area contributed by atoms with Crippen LogP contribution in [0.3, 0.4) is 0 Å². The zero-order chi connectivity index (χ0) is 11.6. The van der Waals surface area contributed by atoms with Crippen LogP contribution in [-0.4, -0.2) is 11.0 Å². The maximum absolute atomic E-state index is 11.2. The van der Waals surface area contributed by atoms with Crippen molar-refractivity contribution in [1.29, 1.82) is 0 Å². The Balaban J connectivity index is 3.35. The summed E-state index contributed by atoms with van der Waals surface area (Å²) in [5, 5.41) is -1.48. The van der Waals surface area contributed by atoms with E-state index in [0.717, 1.165) is 0 Å². The molecule has 0 heterocycles. The molecular weight excluding hydrogens is 303 g/mol. The van der Waals surface area contributed by atoms with Crippen LogP contribution in [0.1, 0.15) is 28.2 Å². The van der Waals surface area contributed by atoms with Crippen molar-refractivity contribution >= 4 is 50.2 Å². The Kier molecular flexibility index (Phi) is 4.32. The number of rotatable bonds is 3. The number of carbonyl (C=O) groups excluding carboxylic acids is 2. The Hall–Kier alpha value is -0.380. The molecule has 0 aliphatic carbocycles. The van der Waals surface area contributed by atoms with Crippen LogP contribution in [0.15, 0.2) is 22.7 Å². The maximum Gasteiger partial charge on any atom is 0.253 e. The van der Waals surface area contributed by atoms with E-state index in [4.69, 9.17) is 23.2 Å². The van der Waals surface area contributed by atoms with E-state index in [2.05, 4.69) is 15.9 Å². The van der Waals surface area contributed by atoms with E-state index in [-0.39, 0.29) is 11.3 Å². The van der Waals surface area contributed by atoms with Gasteiger partial charge in [0, 0.05) is 4.47 Å². The lowest BCUT2D eigenvalue weighted by molar-refractivity contribution is -0.116. The molecule has 2 nitrogen and oxygen atoms in total. The van der Waals surface area contributed by atoms with Gasteiger partial charge in [0.2, 0.25) is 0 Å². The first-order valence-corrected chi connectivity index (χ1v) is 5.68. The van der Waals surface area contributed by atoms with Crippen LogP contribution >= 0.6 is 39.1 Å². The van der Waals surface area contributed by atoms with Gasteiger partial charge in [-0.25, -0.2) is 0 Å². The molecule has 0 radical (unpaired) electrons. The second-order valence-corrected chi connectivity index (χ2v) is 4.59. The standard InChI is InChI=1S/C10H7BrCl2O2/c1-5(14)9(12)6-3-2-4-7(11)8(6)10(13)15/h2-4,9H,1H3. The second-order valence-electron chi connectivity index (χ2n) is 2.95. The van der Waals surface area contributed by atoms with Crippen LogP contribution in [0.25, 0.3) is 0 Å². The molecule has 1 rings (SSSR count). The summed E-state index contributed by atoms with van der Waals surface area (Å²) >= 11 is 14.5. The van der Waals surface area contributed by atoms with E-state index in [0.29, 0.717) is 10.0 Å². The van der Waals surface area contributed by atoms with Gasteiger partial charge in [0.25, 0.3) is 5.24 Å². The van der Waals surface area contributed by atoms with Crippen LogP contribution in [-0.2, 0) is 4.79 Å². The SMILES string of the molecule is CC(=O)C(Cl)c1cccc(Br)c1C(=O)Cl. The Morgan fingerprint density at radius 1 is 1.40 bits per heavy atom. The summed E-state index contributed by atoms with van der Waals surface area (Å²) in [7, 11) is 0. The topological polar surface area (TPSA) is 34.1 Å². The number of alkyl halides is 1. The van der Waals surface area contributed by atoms with Crippen LogP contribution in [0.5, 0.6) is 0 Å². The van der Waals surface area contributed by atoms with Gasteiger partial charge in [0.15, 0.2) is 5.78 Å². The van der Waals surface area contributed by atoms with Gasteiger partial charge in [-0.1, -0.05) is 12.1 Å². The van der Waals surface area contributed by atoms with E-state index in [1.807, 2.05) is 0 Å². The summed E-state index contributed by atoms with van der Waals surface area (Å²) in [6.45, 7) is 1.36. The molecule has 0 aliphatic heterocycles. The number of carbonyl (C=O) groups is 2. The van der Waals surface area contributed by atoms with Crippen LogP contribution in [0.4, 0.5) is 0 Å². The molecule has 0 N–H and O–H groups in total. The number of hydrogen-bond donors (Lipinski definition) is 0. The fraction of sp³-hybridized carbons (Fsp3) is 0.200. The van der Waals surface area contributed by atoms with Crippen molar-refractivity contribution in [2.24, 2.45) is 0 Å². The predicted octanol–water partition coefficient (Wildman–Crippen LogP) is 3.70. The number of halogens is 3. The zero-order valence-electron chi connectivity index (χ0n) is 7.76. The van der Waals surface area contributed by atoms with E-state index >= 15 is 0 Å². The molecule has 0 saturated heterocycles. The van der Waals surface area contributed by atoms with Crippen LogP contribution < -0.4 is 0 Å². The van der Waals surface area contributed by atoms with E-state index in [1.54, 1.807) is 18.2 Å². The minimum absolute atomic E-state index is 0.228. The first-order valence-electron chi connectivity index (χ1n) is 4.08. The fourth-order valence-electron chi connectivity index (χ4n) is 1.18. The molecule has 0 aromatic heterocycles. The van der Waals surface area contributed by atoms with E-state index in [1.165, 1.54) is 6.92 Å². The minimum Gasteiger partial charge on any atom is -0.298 e. The van der Waals surface area contributed by atoms with Gasteiger partial charge in [0.05, 0.1) is 5.56 Å². The third-order valence-corrected chi connectivity index (χ3v) is 3.26. The largest absolute Gasteiger partial charge is 0.298 e. The highest BCUT2D eigenvalue weighted by Crippen LogP contribution is 2.30. The lowest BCUT2D eigenvalue weighted by Crippen LogP contribution is -2.07. The highest BCUT2D eigenvalue weighted by molar-refractivity contribution is 9.10. The van der Waals surface area contributed by atoms with Crippen LogP contribution in [0, 0.1) is 0 Å². The molecule has 0 fully saturated rings. The summed E-state index contributed by atoms with van der Waals surface area (Å²) in [5.74, 6) is -0.228. The highest BCUT2D eigenvalue weighted by Gasteiger charge is 2.21. The Labute approximate surface area is 106 Å². The van der Waals surface area contributed by atoms with Crippen molar-refractivity contribution in [2.45, 2.75) is 12.3 Å². The quantitative estimate of drug-likeness (QED) is 0.630. The summed E-state index contributed by atoms with van der Waals surface area (Å²) in [5.41, 5.74) is 0.674. The minimum atomic E-state index is -0.847. The fourth-order valence-corrected chi connectivity index (χ4v) is 2.25. The van der Waals surface area contributed by atoms with Crippen molar-refractivity contribution in [3.8, 4) is 0 Å². The van der Waals surface area contributed by atoms with Crippen molar-refractivity contribution in [3.05, 3.63) is 33.8 Å². The summed E-state index contributed by atoms with van der Waals surface area (Å²) in [6, 6.07) is 4.98. The molecular formula is C10H7BrCl2O2. The molecule has 0 bridgehead atoms. The van der Waals surface area contributed by atoms with E-state index in [9.17, 15) is 9.59 Å². The van der Waals surface area contributed by atoms with Gasteiger partial charge in [-0.2, -0.15) is 0 Å². The van der Waals surface area contributed by atoms with Crippen molar-refractivity contribution in [1.82, 2.24) is 0 Å². The summed E-state index contributed by atoms with van der Waals surface area (Å²) < 4.78 is 0.534. The molecule has 1 atom stereocenters. The number of benzene rings is 1. The third-order valence-electron chi connectivity index (χ3n) is 1.87. The van der Waals surface area contributed by atoms with E-state index < -0.39 is 10.6 Å². The smallest absolute Gasteiger partial charge is 0.253 e. The van der Waals surface area contributed by atoms with Gasteiger partial charge in [-0.15, -0.1) is 11.6 Å². The van der Waals surface area contributed by atoms with Gasteiger partial charge < -0.3 is 0 Å². The van der Waals surface area contributed by atoms with Gasteiger partial charge in [0.1, 0.15) is 5.38 Å². The Morgan fingerprint density at radius 3 is 2.47 bits per heavy atom. The first kappa shape index (κ1) is 12.7. The average molecular weight is 310 g/mol. The first-order chi connectivity index (χ1) is 6.95. The zero-order valence-corrected chi connectivity index (χ0v) is 10.9. The monoisotopic (exact) mass is 308 g/mol. The predicted molar refractivity (Wildman–Crippen MR) is 63.6 cm³/mol. The number of hydrogen-bond acceptors (Lipinski definition) is 2. The number of ketones is 1. The Morgan fingerprint density at radius 2 is 2.00 bits per heavy atom.